The average Bonchev–Trinajstić information content (AvgIpc) is 2.26. The molecule has 2 unspecified atom stereocenters. The molecule has 0 spiro atoms. The molecule has 17 heavy (non-hydrogen) atoms. The third-order valence-corrected chi connectivity index (χ3v) is 4.56. The quantitative estimate of drug-likeness (QED) is 0.806. The zero-order valence-electron chi connectivity index (χ0n) is 11.6. The summed E-state index contributed by atoms with van der Waals surface area (Å²) in [6.45, 7) is 12.1. The molecule has 1 rings (SSSR count). The van der Waals surface area contributed by atoms with E-state index >= 15 is 0 Å². The summed E-state index contributed by atoms with van der Waals surface area (Å²) < 4.78 is 0. The van der Waals surface area contributed by atoms with E-state index in [-0.39, 0.29) is 0 Å². The Labute approximate surface area is 114 Å². The van der Waals surface area contributed by atoms with E-state index in [0.717, 1.165) is 11.9 Å². The van der Waals surface area contributed by atoms with E-state index in [0.29, 0.717) is 12.0 Å². The second-order valence-corrected chi connectivity index (χ2v) is 5.83. The van der Waals surface area contributed by atoms with Gasteiger partial charge in [0.05, 0.1) is 0 Å². The van der Waals surface area contributed by atoms with Crippen LogP contribution in [0.4, 0.5) is 0 Å². The standard InChI is InChI=1S/C15H24BrN/c1-10-6-11(2)15(12(3)7-10)9-17-14(5)13(4)8-16/h6-7,13-14,17H,8-9H2,1-5H3. The normalized spacial score (nSPS) is 14.7. The molecule has 0 bridgehead atoms. The summed E-state index contributed by atoms with van der Waals surface area (Å²) in [6.07, 6.45) is 0. The maximum atomic E-state index is 3.62. The van der Waals surface area contributed by atoms with Crippen LogP contribution in [0.5, 0.6) is 0 Å². The van der Waals surface area contributed by atoms with Crippen molar-refractivity contribution in [2.45, 2.75) is 47.2 Å². The van der Waals surface area contributed by atoms with Crippen LogP contribution in [0, 0.1) is 26.7 Å². The summed E-state index contributed by atoms with van der Waals surface area (Å²) in [5.74, 6) is 0.654. The molecule has 1 nitrogen and oxygen atoms in total. The van der Waals surface area contributed by atoms with Crippen molar-refractivity contribution in [2.75, 3.05) is 5.33 Å². The second-order valence-electron chi connectivity index (χ2n) is 5.18. The molecule has 0 heterocycles. The predicted octanol–water partition coefficient (Wildman–Crippen LogP) is 4.12. The van der Waals surface area contributed by atoms with Gasteiger partial charge in [-0.15, -0.1) is 0 Å². The number of aryl methyl sites for hydroxylation is 3. The molecule has 0 saturated heterocycles. The van der Waals surface area contributed by atoms with Crippen molar-refractivity contribution in [3.05, 3.63) is 34.4 Å². The van der Waals surface area contributed by atoms with E-state index in [4.69, 9.17) is 0 Å². The predicted molar refractivity (Wildman–Crippen MR) is 79.9 cm³/mol. The Morgan fingerprint density at radius 3 is 2.12 bits per heavy atom. The van der Waals surface area contributed by atoms with Crippen LogP contribution < -0.4 is 5.32 Å². The zero-order valence-corrected chi connectivity index (χ0v) is 13.2. The minimum Gasteiger partial charge on any atom is -0.310 e. The van der Waals surface area contributed by atoms with Crippen LogP contribution in [-0.2, 0) is 6.54 Å². The average molecular weight is 298 g/mol. The summed E-state index contributed by atoms with van der Waals surface area (Å²) in [6, 6.07) is 5.07. The molecular weight excluding hydrogens is 274 g/mol. The minimum absolute atomic E-state index is 0.537. The highest BCUT2D eigenvalue weighted by Gasteiger charge is 2.11. The first-order chi connectivity index (χ1) is 7.95. The van der Waals surface area contributed by atoms with Crippen molar-refractivity contribution >= 4 is 15.9 Å². The first kappa shape index (κ1) is 14.7. The molecule has 2 atom stereocenters. The van der Waals surface area contributed by atoms with Gasteiger partial charge in [0.25, 0.3) is 0 Å². The van der Waals surface area contributed by atoms with Gasteiger partial charge in [0.1, 0.15) is 0 Å². The van der Waals surface area contributed by atoms with Crippen LogP contribution >= 0.6 is 15.9 Å². The van der Waals surface area contributed by atoms with Crippen molar-refractivity contribution < 1.29 is 0 Å². The van der Waals surface area contributed by atoms with Crippen LogP contribution in [0.1, 0.15) is 36.1 Å². The van der Waals surface area contributed by atoms with Gasteiger partial charge in [0.15, 0.2) is 0 Å². The zero-order chi connectivity index (χ0) is 13.0. The lowest BCUT2D eigenvalue weighted by atomic mass is 9.99. The van der Waals surface area contributed by atoms with Crippen LogP contribution in [0.2, 0.25) is 0 Å². The molecule has 0 fully saturated rings. The molecule has 96 valence electrons. The smallest absolute Gasteiger partial charge is 0.0213 e. The highest BCUT2D eigenvalue weighted by molar-refractivity contribution is 9.09. The van der Waals surface area contributed by atoms with Crippen molar-refractivity contribution in [3.63, 3.8) is 0 Å². The number of nitrogens with one attached hydrogen (secondary N) is 1. The highest BCUT2D eigenvalue weighted by Crippen LogP contribution is 2.17. The third kappa shape index (κ3) is 4.11. The summed E-state index contributed by atoms with van der Waals surface area (Å²) in [4.78, 5) is 0. The Kier molecular flexibility index (Phi) is 5.68. The van der Waals surface area contributed by atoms with E-state index in [1.807, 2.05) is 0 Å². The molecule has 1 N–H and O–H groups in total. The summed E-state index contributed by atoms with van der Waals surface area (Å²) in [7, 11) is 0. The largest absolute Gasteiger partial charge is 0.310 e. The Balaban J connectivity index is 2.70. The number of rotatable bonds is 5. The van der Waals surface area contributed by atoms with Crippen molar-refractivity contribution in [1.82, 2.24) is 5.32 Å². The van der Waals surface area contributed by atoms with Crippen LogP contribution in [-0.4, -0.2) is 11.4 Å². The van der Waals surface area contributed by atoms with Crippen molar-refractivity contribution in [3.8, 4) is 0 Å². The monoisotopic (exact) mass is 297 g/mol. The fraction of sp³-hybridized carbons (Fsp3) is 0.600. The van der Waals surface area contributed by atoms with E-state index < -0.39 is 0 Å². The van der Waals surface area contributed by atoms with Gasteiger partial charge in [-0.2, -0.15) is 0 Å². The molecule has 0 aliphatic carbocycles. The van der Waals surface area contributed by atoms with E-state index in [9.17, 15) is 0 Å². The Morgan fingerprint density at radius 1 is 1.12 bits per heavy atom. The Hall–Kier alpha value is -0.340. The maximum Gasteiger partial charge on any atom is 0.0213 e. The molecular formula is C15H24BrN. The third-order valence-electron chi connectivity index (χ3n) is 3.54. The van der Waals surface area contributed by atoms with Crippen molar-refractivity contribution in [2.24, 2.45) is 5.92 Å². The van der Waals surface area contributed by atoms with E-state index in [2.05, 4.69) is 68.0 Å². The minimum atomic E-state index is 0.537. The lowest BCUT2D eigenvalue weighted by Gasteiger charge is -2.21. The lowest BCUT2D eigenvalue weighted by molar-refractivity contribution is 0.432. The van der Waals surface area contributed by atoms with Gasteiger partial charge in [-0.25, -0.2) is 0 Å². The first-order valence-electron chi connectivity index (χ1n) is 6.31. The van der Waals surface area contributed by atoms with Gasteiger partial charge in [-0.1, -0.05) is 40.5 Å². The molecule has 0 aliphatic rings. The van der Waals surface area contributed by atoms with Crippen LogP contribution in [0.25, 0.3) is 0 Å². The van der Waals surface area contributed by atoms with Gasteiger partial charge in [0.2, 0.25) is 0 Å². The molecule has 0 aliphatic heterocycles. The first-order valence-corrected chi connectivity index (χ1v) is 7.44. The van der Waals surface area contributed by atoms with Gasteiger partial charge >= 0.3 is 0 Å². The van der Waals surface area contributed by atoms with Crippen LogP contribution in [0.15, 0.2) is 12.1 Å². The van der Waals surface area contributed by atoms with E-state index in [1.54, 1.807) is 0 Å². The fourth-order valence-electron chi connectivity index (χ4n) is 2.09. The number of alkyl halides is 1. The number of benzene rings is 1. The van der Waals surface area contributed by atoms with Gasteiger partial charge in [0, 0.05) is 17.9 Å². The lowest BCUT2D eigenvalue weighted by Crippen LogP contribution is -2.32. The fourth-order valence-corrected chi connectivity index (χ4v) is 2.65. The summed E-state index contributed by atoms with van der Waals surface area (Å²) in [5, 5.41) is 4.67. The molecule has 0 radical (unpaired) electrons. The van der Waals surface area contributed by atoms with Crippen LogP contribution in [0.3, 0.4) is 0 Å². The summed E-state index contributed by atoms with van der Waals surface area (Å²) in [5.41, 5.74) is 5.59. The van der Waals surface area contributed by atoms with Crippen molar-refractivity contribution in [1.29, 1.82) is 0 Å². The molecule has 1 aromatic carbocycles. The Bertz CT molecular complexity index is 350. The highest BCUT2D eigenvalue weighted by atomic mass is 79.9. The molecule has 2 heteroatoms. The Morgan fingerprint density at radius 2 is 1.65 bits per heavy atom. The number of hydrogen-bond acceptors (Lipinski definition) is 1. The SMILES string of the molecule is Cc1cc(C)c(CNC(C)C(C)CBr)c(C)c1. The van der Waals surface area contributed by atoms with Gasteiger partial charge < -0.3 is 5.32 Å². The molecule has 0 amide bonds. The second kappa shape index (κ2) is 6.55. The number of halogens is 1. The summed E-state index contributed by atoms with van der Waals surface area (Å²) >= 11 is 3.54. The maximum absolute atomic E-state index is 3.62. The number of hydrogen-bond donors (Lipinski definition) is 1. The molecule has 1 aromatic rings. The molecule has 0 aromatic heterocycles. The van der Waals surface area contributed by atoms with E-state index in [1.165, 1.54) is 22.3 Å². The molecule has 0 saturated carbocycles. The van der Waals surface area contributed by atoms with Gasteiger partial charge in [-0.05, 0) is 50.3 Å². The topological polar surface area (TPSA) is 12.0 Å². The van der Waals surface area contributed by atoms with Gasteiger partial charge in [-0.3, -0.25) is 0 Å².